The first-order valence-electron chi connectivity index (χ1n) is 10.6. The number of ether oxygens (including phenoxy) is 1. The van der Waals surface area contributed by atoms with Gasteiger partial charge in [-0.1, -0.05) is 43.3 Å². The first-order valence-corrected chi connectivity index (χ1v) is 10.6. The number of nitrogens with two attached hydrogens (primary N) is 1. The van der Waals surface area contributed by atoms with Crippen molar-refractivity contribution in [2.24, 2.45) is 5.73 Å². The van der Waals surface area contributed by atoms with Gasteiger partial charge in [0.05, 0.1) is 23.1 Å². The van der Waals surface area contributed by atoms with E-state index in [0.29, 0.717) is 23.2 Å². The zero-order chi connectivity index (χ0) is 23.2. The van der Waals surface area contributed by atoms with Crippen molar-refractivity contribution >= 4 is 17.5 Å². The Morgan fingerprint density at radius 2 is 1.64 bits per heavy atom. The van der Waals surface area contributed by atoms with Crippen LogP contribution in [0.15, 0.2) is 85.1 Å². The average Bonchev–Trinajstić information content (AvgIpc) is 3.28. The molecule has 166 valence electrons. The zero-order valence-electron chi connectivity index (χ0n) is 18.2. The van der Waals surface area contributed by atoms with E-state index < -0.39 is 5.91 Å². The quantitative estimate of drug-likeness (QED) is 0.425. The average molecular weight is 441 g/mol. The minimum absolute atomic E-state index is 0.223. The van der Waals surface area contributed by atoms with Crippen molar-refractivity contribution in [3.8, 4) is 11.4 Å². The molecular formula is C26H24N4O3. The SMILES string of the molecule is CCc1c(C(N)=O)cnn1-c1ccc(NC(=O)c2ccccc2COc2ccccc2)cc1. The monoisotopic (exact) mass is 440 g/mol. The molecule has 0 saturated heterocycles. The topological polar surface area (TPSA) is 99.2 Å². The highest BCUT2D eigenvalue weighted by Gasteiger charge is 2.15. The summed E-state index contributed by atoms with van der Waals surface area (Å²) in [5.74, 6) is 0.0177. The van der Waals surface area contributed by atoms with Crippen molar-refractivity contribution in [3.05, 3.63) is 107 Å². The second-order valence-electron chi connectivity index (χ2n) is 7.39. The van der Waals surface area contributed by atoms with Gasteiger partial charge >= 0.3 is 0 Å². The molecule has 3 N–H and O–H groups in total. The number of amides is 2. The number of aromatic nitrogens is 2. The molecule has 3 aromatic carbocycles. The summed E-state index contributed by atoms with van der Waals surface area (Å²) in [6.45, 7) is 2.22. The molecule has 2 amide bonds. The van der Waals surface area contributed by atoms with Gasteiger partial charge in [0.1, 0.15) is 12.4 Å². The predicted molar refractivity (Wildman–Crippen MR) is 127 cm³/mol. The lowest BCUT2D eigenvalue weighted by Crippen LogP contribution is -2.15. The van der Waals surface area contributed by atoms with Gasteiger partial charge < -0.3 is 15.8 Å². The number of para-hydroxylation sites is 1. The van der Waals surface area contributed by atoms with Crippen LogP contribution in [0.2, 0.25) is 0 Å². The predicted octanol–water partition coefficient (Wildman–Crippen LogP) is 4.36. The van der Waals surface area contributed by atoms with Crippen LogP contribution in [0.25, 0.3) is 5.69 Å². The second-order valence-corrected chi connectivity index (χ2v) is 7.39. The van der Waals surface area contributed by atoms with Crippen LogP contribution in [0.3, 0.4) is 0 Å². The van der Waals surface area contributed by atoms with Crippen LogP contribution in [0.4, 0.5) is 5.69 Å². The molecule has 0 spiro atoms. The number of benzene rings is 3. The van der Waals surface area contributed by atoms with E-state index in [2.05, 4.69) is 10.4 Å². The van der Waals surface area contributed by atoms with Crippen molar-refractivity contribution in [1.29, 1.82) is 0 Å². The van der Waals surface area contributed by atoms with E-state index in [1.54, 1.807) is 22.9 Å². The fourth-order valence-electron chi connectivity index (χ4n) is 3.57. The third-order valence-electron chi connectivity index (χ3n) is 5.24. The van der Waals surface area contributed by atoms with Crippen molar-refractivity contribution in [2.45, 2.75) is 20.0 Å². The second kappa shape index (κ2) is 9.82. The molecule has 0 aliphatic heterocycles. The highest BCUT2D eigenvalue weighted by atomic mass is 16.5. The summed E-state index contributed by atoms with van der Waals surface area (Å²) in [6, 6.07) is 24.1. The van der Waals surface area contributed by atoms with E-state index in [1.165, 1.54) is 6.20 Å². The Morgan fingerprint density at radius 1 is 0.939 bits per heavy atom. The Kier molecular flexibility index (Phi) is 6.50. The van der Waals surface area contributed by atoms with E-state index >= 15 is 0 Å². The standard InChI is InChI=1S/C26H24N4O3/c1-2-24-23(25(27)31)16-28-30(24)20-14-12-19(13-15-20)29-26(32)22-11-7-6-8-18(22)17-33-21-9-4-3-5-10-21/h3-16H,2,17H2,1H3,(H2,27,31)(H,29,32). The van der Waals surface area contributed by atoms with Crippen molar-refractivity contribution < 1.29 is 14.3 Å². The minimum Gasteiger partial charge on any atom is -0.489 e. The zero-order valence-corrected chi connectivity index (χ0v) is 18.2. The summed E-state index contributed by atoms with van der Waals surface area (Å²) < 4.78 is 7.50. The lowest BCUT2D eigenvalue weighted by molar-refractivity contribution is 0.0996. The van der Waals surface area contributed by atoms with Gasteiger partial charge in [-0.05, 0) is 48.9 Å². The van der Waals surface area contributed by atoms with E-state index in [0.717, 1.165) is 22.7 Å². The number of primary amides is 1. The van der Waals surface area contributed by atoms with E-state index in [1.807, 2.05) is 67.6 Å². The summed E-state index contributed by atoms with van der Waals surface area (Å²) in [5.41, 5.74) is 9.33. The Hall–Kier alpha value is -4.39. The molecule has 0 aliphatic rings. The minimum atomic E-state index is -0.503. The molecule has 1 aromatic heterocycles. The molecule has 0 fully saturated rings. The molecule has 0 saturated carbocycles. The summed E-state index contributed by atoms with van der Waals surface area (Å²) in [6.07, 6.45) is 2.09. The molecule has 4 rings (SSSR count). The van der Waals surface area contributed by atoms with Crippen LogP contribution in [-0.4, -0.2) is 21.6 Å². The van der Waals surface area contributed by atoms with Crippen LogP contribution < -0.4 is 15.8 Å². The third kappa shape index (κ3) is 4.93. The highest BCUT2D eigenvalue weighted by Crippen LogP contribution is 2.20. The smallest absolute Gasteiger partial charge is 0.256 e. The molecule has 1 heterocycles. The fraction of sp³-hybridized carbons (Fsp3) is 0.115. The number of rotatable bonds is 8. The van der Waals surface area contributed by atoms with Gasteiger partial charge in [-0.25, -0.2) is 4.68 Å². The number of hydrogen-bond acceptors (Lipinski definition) is 4. The molecule has 0 unspecified atom stereocenters. The Balaban J connectivity index is 1.48. The normalized spacial score (nSPS) is 10.6. The van der Waals surface area contributed by atoms with Gasteiger partial charge in [0.15, 0.2) is 0 Å². The molecule has 0 radical (unpaired) electrons. The van der Waals surface area contributed by atoms with Gasteiger partial charge in [-0.3, -0.25) is 9.59 Å². The fourth-order valence-corrected chi connectivity index (χ4v) is 3.57. The number of carbonyl (C=O) groups is 2. The maximum Gasteiger partial charge on any atom is 0.256 e. The Labute approximate surface area is 191 Å². The van der Waals surface area contributed by atoms with E-state index in [-0.39, 0.29) is 12.5 Å². The number of anilines is 1. The first-order chi connectivity index (χ1) is 16.1. The maximum absolute atomic E-state index is 12.9. The molecule has 7 nitrogen and oxygen atoms in total. The van der Waals surface area contributed by atoms with Crippen LogP contribution in [0.5, 0.6) is 5.75 Å². The number of hydrogen-bond donors (Lipinski definition) is 2. The van der Waals surface area contributed by atoms with Crippen LogP contribution in [0, 0.1) is 0 Å². The van der Waals surface area contributed by atoms with Gasteiger partial charge in [0.2, 0.25) is 0 Å². The Bertz CT molecular complexity index is 1260. The summed E-state index contributed by atoms with van der Waals surface area (Å²) >= 11 is 0. The molecule has 0 aliphatic carbocycles. The van der Waals surface area contributed by atoms with Crippen LogP contribution in [0.1, 0.15) is 38.9 Å². The number of carbonyl (C=O) groups excluding carboxylic acids is 2. The lowest BCUT2D eigenvalue weighted by atomic mass is 10.1. The molecule has 33 heavy (non-hydrogen) atoms. The summed E-state index contributed by atoms with van der Waals surface area (Å²) in [7, 11) is 0. The van der Waals surface area contributed by atoms with Crippen molar-refractivity contribution in [2.75, 3.05) is 5.32 Å². The van der Waals surface area contributed by atoms with Gasteiger partial charge in [-0.15, -0.1) is 0 Å². The molecule has 0 atom stereocenters. The van der Waals surface area contributed by atoms with Crippen LogP contribution >= 0.6 is 0 Å². The first kappa shape index (κ1) is 21.8. The van der Waals surface area contributed by atoms with Gasteiger partial charge in [0, 0.05) is 16.8 Å². The Morgan fingerprint density at radius 3 is 2.33 bits per heavy atom. The maximum atomic E-state index is 12.9. The lowest BCUT2D eigenvalue weighted by Gasteiger charge is -2.12. The number of nitrogens with one attached hydrogen (secondary N) is 1. The molecular weight excluding hydrogens is 416 g/mol. The molecule has 4 aromatic rings. The van der Waals surface area contributed by atoms with Gasteiger partial charge in [-0.2, -0.15) is 5.10 Å². The molecule has 7 heteroatoms. The van der Waals surface area contributed by atoms with Crippen molar-refractivity contribution in [3.63, 3.8) is 0 Å². The van der Waals surface area contributed by atoms with E-state index in [4.69, 9.17) is 10.5 Å². The highest BCUT2D eigenvalue weighted by molar-refractivity contribution is 6.05. The largest absolute Gasteiger partial charge is 0.489 e. The summed E-state index contributed by atoms with van der Waals surface area (Å²) in [4.78, 5) is 24.5. The van der Waals surface area contributed by atoms with E-state index in [9.17, 15) is 9.59 Å². The summed E-state index contributed by atoms with van der Waals surface area (Å²) in [5, 5.41) is 7.22. The number of nitrogens with zero attached hydrogens (tertiary/aromatic N) is 2. The van der Waals surface area contributed by atoms with Gasteiger partial charge in [0.25, 0.3) is 11.8 Å². The van der Waals surface area contributed by atoms with Crippen molar-refractivity contribution in [1.82, 2.24) is 9.78 Å². The van der Waals surface area contributed by atoms with Crippen LogP contribution in [-0.2, 0) is 13.0 Å². The molecule has 0 bridgehead atoms. The third-order valence-corrected chi connectivity index (χ3v) is 5.24.